The molecule has 1 heterocycles. The van der Waals surface area contributed by atoms with E-state index in [-0.39, 0.29) is 17.7 Å². The second-order valence-electron chi connectivity index (χ2n) is 6.03. The van der Waals surface area contributed by atoms with Gasteiger partial charge in [0.05, 0.1) is 5.02 Å². The van der Waals surface area contributed by atoms with E-state index in [0.29, 0.717) is 12.3 Å². The first-order valence-electron chi connectivity index (χ1n) is 8.29. The number of hydrogen-bond acceptors (Lipinski definition) is 6. The highest BCUT2D eigenvalue weighted by atomic mass is 35.5. The SMILES string of the molecule is NC1CCN(NCC(O)COc2ccc(Cl)c(F)c2)CC1.O=C(O)C(F)(F)F. The molecule has 1 aromatic rings. The molecule has 160 valence electrons. The zero-order chi connectivity index (χ0) is 21.3. The number of aliphatic carboxylic acids is 1. The van der Waals surface area contributed by atoms with Crippen molar-refractivity contribution >= 4 is 17.6 Å². The molecule has 1 atom stereocenters. The van der Waals surface area contributed by atoms with Gasteiger partial charge in [0, 0.05) is 31.7 Å². The number of nitrogens with one attached hydrogen (secondary N) is 1. The Morgan fingerprint density at radius 3 is 2.46 bits per heavy atom. The maximum absolute atomic E-state index is 13.2. The summed E-state index contributed by atoms with van der Waals surface area (Å²) in [5.41, 5.74) is 8.98. The lowest BCUT2D eigenvalue weighted by molar-refractivity contribution is -0.192. The zero-order valence-corrected chi connectivity index (χ0v) is 15.5. The second-order valence-corrected chi connectivity index (χ2v) is 6.44. The third-order valence-corrected chi connectivity index (χ3v) is 3.97. The Hall–Kier alpha value is -1.66. The van der Waals surface area contributed by atoms with Gasteiger partial charge in [-0.25, -0.2) is 14.2 Å². The van der Waals surface area contributed by atoms with Crippen LogP contribution in [0.25, 0.3) is 0 Å². The van der Waals surface area contributed by atoms with Crippen LogP contribution >= 0.6 is 11.6 Å². The summed E-state index contributed by atoms with van der Waals surface area (Å²) in [7, 11) is 0. The van der Waals surface area contributed by atoms with Crippen LogP contribution in [0.3, 0.4) is 0 Å². The van der Waals surface area contributed by atoms with Crippen molar-refractivity contribution in [2.24, 2.45) is 5.73 Å². The molecular formula is C16H22ClF4N3O4. The quantitative estimate of drug-likeness (QED) is 0.508. The number of carboxylic acids is 1. The van der Waals surface area contributed by atoms with Crippen LogP contribution < -0.4 is 15.9 Å². The molecule has 0 bridgehead atoms. The van der Waals surface area contributed by atoms with Crippen molar-refractivity contribution in [1.82, 2.24) is 10.4 Å². The maximum atomic E-state index is 13.2. The van der Waals surface area contributed by atoms with Crippen LogP contribution in [0.15, 0.2) is 18.2 Å². The number of carboxylic acid groups (broad SMARTS) is 1. The standard InChI is InChI=1S/C14H21ClFN3O2.C2HF3O2/c15-13-2-1-12(7-14(13)16)21-9-11(20)8-18-19-5-3-10(17)4-6-19;3-2(4,5)1(6)7/h1-2,7,10-11,18,20H,3-6,8-9,17H2;(H,6,7). The minimum absolute atomic E-state index is 0.0490. The minimum atomic E-state index is -5.08. The second kappa shape index (κ2) is 11.4. The summed E-state index contributed by atoms with van der Waals surface area (Å²) in [5, 5.41) is 19.1. The molecule has 28 heavy (non-hydrogen) atoms. The van der Waals surface area contributed by atoms with Crippen LogP contribution in [-0.4, -0.2) is 65.8 Å². The molecule has 2 rings (SSSR count). The predicted molar refractivity (Wildman–Crippen MR) is 93.4 cm³/mol. The smallest absolute Gasteiger partial charge is 0.490 e. The van der Waals surface area contributed by atoms with Gasteiger partial charge in [-0.15, -0.1) is 0 Å². The van der Waals surface area contributed by atoms with Crippen molar-refractivity contribution in [3.05, 3.63) is 29.0 Å². The van der Waals surface area contributed by atoms with Crippen molar-refractivity contribution in [2.75, 3.05) is 26.2 Å². The summed E-state index contributed by atoms with van der Waals surface area (Å²) in [6, 6.07) is 4.47. The number of alkyl halides is 3. The molecule has 0 radical (unpaired) electrons. The molecule has 0 saturated carbocycles. The van der Waals surface area contributed by atoms with Crippen LogP contribution in [0.5, 0.6) is 5.75 Å². The largest absolute Gasteiger partial charge is 0.491 e. The highest BCUT2D eigenvalue weighted by Gasteiger charge is 2.38. The molecule has 5 N–H and O–H groups in total. The molecule has 12 heteroatoms. The van der Waals surface area contributed by atoms with Crippen LogP contribution in [0, 0.1) is 5.82 Å². The van der Waals surface area contributed by atoms with Gasteiger partial charge in [0.1, 0.15) is 24.3 Å². The van der Waals surface area contributed by atoms with E-state index in [9.17, 15) is 22.7 Å². The highest BCUT2D eigenvalue weighted by molar-refractivity contribution is 6.30. The lowest BCUT2D eigenvalue weighted by atomic mass is 10.1. The summed E-state index contributed by atoms with van der Waals surface area (Å²) in [4.78, 5) is 8.90. The van der Waals surface area contributed by atoms with E-state index in [1.54, 1.807) is 6.07 Å². The normalized spacial score (nSPS) is 16.8. The number of aliphatic hydroxyl groups is 1. The van der Waals surface area contributed by atoms with E-state index in [1.165, 1.54) is 12.1 Å². The average Bonchev–Trinajstić information content (AvgIpc) is 2.62. The van der Waals surface area contributed by atoms with Crippen molar-refractivity contribution < 1.29 is 37.3 Å². The summed E-state index contributed by atoms with van der Waals surface area (Å²) < 4.78 is 50.3. The van der Waals surface area contributed by atoms with E-state index < -0.39 is 24.1 Å². The number of hydrogen-bond donors (Lipinski definition) is 4. The first-order chi connectivity index (χ1) is 13.0. The van der Waals surface area contributed by atoms with Crippen LogP contribution in [0.4, 0.5) is 17.6 Å². The number of nitrogens with zero attached hydrogens (tertiary/aromatic N) is 1. The van der Waals surface area contributed by atoms with Crippen molar-refractivity contribution in [1.29, 1.82) is 0 Å². The lowest BCUT2D eigenvalue weighted by Crippen LogP contribution is -2.49. The van der Waals surface area contributed by atoms with Crippen molar-refractivity contribution in [3.8, 4) is 5.75 Å². The monoisotopic (exact) mass is 431 g/mol. The summed E-state index contributed by atoms with van der Waals surface area (Å²) in [5.74, 6) is -2.95. The Morgan fingerprint density at radius 1 is 1.39 bits per heavy atom. The first-order valence-corrected chi connectivity index (χ1v) is 8.67. The Morgan fingerprint density at radius 2 is 1.96 bits per heavy atom. The Balaban J connectivity index is 0.000000480. The van der Waals surface area contributed by atoms with Gasteiger partial charge in [-0.2, -0.15) is 13.2 Å². The number of piperidine rings is 1. The molecule has 1 aliphatic rings. The fourth-order valence-corrected chi connectivity index (χ4v) is 2.23. The molecule has 0 aromatic heterocycles. The molecular weight excluding hydrogens is 410 g/mol. The van der Waals surface area contributed by atoms with E-state index >= 15 is 0 Å². The van der Waals surface area contributed by atoms with Crippen molar-refractivity contribution in [3.63, 3.8) is 0 Å². The fourth-order valence-electron chi connectivity index (χ4n) is 2.11. The highest BCUT2D eigenvalue weighted by Crippen LogP contribution is 2.20. The minimum Gasteiger partial charge on any atom is -0.491 e. The summed E-state index contributed by atoms with van der Waals surface area (Å²) in [6.45, 7) is 2.21. The first kappa shape index (κ1) is 24.4. The number of aliphatic hydroxyl groups excluding tert-OH is 1. The number of nitrogens with two attached hydrogens (primary N) is 1. The lowest BCUT2D eigenvalue weighted by Gasteiger charge is -2.31. The molecule has 7 nitrogen and oxygen atoms in total. The van der Waals surface area contributed by atoms with Gasteiger partial charge in [0.2, 0.25) is 0 Å². The number of halogens is 5. The fraction of sp³-hybridized carbons (Fsp3) is 0.562. The molecule has 0 amide bonds. The Labute approximate surface area is 164 Å². The van der Waals surface area contributed by atoms with E-state index in [4.69, 9.17) is 32.0 Å². The van der Waals surface area contributed by atoms with Gasteiger partial charge in [0.15, 0.2) is 0 Å². The molecule has 1 saturated heterocycles. The number of rotatable bonds is 6. The predicted octanol–water partition coefficient (Wildman–Crippen LogP) is 1.78. The number of ether oxygens (including phenoxy) is 1. The zero-order valence-electron chi connectivity index (χ0n) is 14.8. The van der Waals surface area contributed by atoms with Gasteiger partial charge in [-0.1, -0.05) is 11.6 Å². The van der Waals surface area contributed by atoms with Gasteiger partial charge in [0.25, 0.3) is 0 Å². The average molecular weight is 432 g/mol. The molecule has 0 spiro atoms. The van der Waals surface area contributed by atoms with Crippen molar-refractivity contribution in [2.45, 2.75) is 31.2 Å². The maximum Gasteiger partial charge on any atom is 0.490 e. The van der Waals surface area contributed by atoms with Crippen LogP contribution in [0.2, 0.25) is 5.02 Å². The number of benzene rings is 1. The van der Waals surface area contributed by atoms with Gasteiger partial charge in [-0.3, -0.25) is 5.43 Å². The number of carbonyl (C=O) groups is 1. The van der Waals surface area contributed by atoms with E-state index in [0.717, 1.165) is 25.9 Å². The topological polar surface area (TPSA) is 108 Å². The van der Waals surface area contributed by atoms with E-state index in [2.05, 4.69) is 10.4 Å². The van der Waals surface area contributed by atoms with E-state index in [1.807, 2.05) is 0 Å². The molecule has 1 aromatic carbocycles. The molecule has 1 unspecified atom stereocenters. The summed E-state index contributed by atoms with van der Waals surface area (Å²) in [6.07, 6.45) is -3.87. The third-order valence-electron chi connectivity index (χ3n) is 3.67. The third kappa shape index (κ3) is 9.51. The molecule has 1 aliphatic heterocycles. The summed E-state index contributed by atoms with van der Waals surface area (Å²) >= 11 is 5.58. The molecule has 1 fully saturated rings. The Bertz CT molecular complexity index is 628. The van der Waals surface area contributed by atoms with Gasteiger partial charge in [-0.05, 0) is 25.0 Å². The molecule has 0 aliphatic carbocycles. The van der Waals surface area contributed by atoms with Gasteiger partial charge >= 0.3 is 12.1 Å². The van der Waals surface area contributed by atoms with Crippen LogP contribution in [-0.2, 0) is 4.79 Å². The van der Waals surface area contributed by atoms with Crippen LogP contribution in [0.1, 0.15) is 12.8 Å². The number of hydrazine groups is 1. The Kier molecular flexibility index (Phi) is 9.90. The van der Waals surface area contributed by atoms with Gasteiger partial charge < -0.3 is 20.7 Å².